The maximum Gasteiger partial charge on any atom is 0.219 e. The van der Waals surface area contributed by atoms with Gasteiger partial charge in [-0.2, -0.15) is 0 Å². The lowest BCUT2D eigenvalue weighted by atomic mass is 10.1. The number of nitrogens with zero attached hydrogens (tertiary/aromatic N) is 2. The Hall–Kier alpha value is -0.900. The number of hydrogen-bond donors (Lipinski definition) is 1. The molecule has 1 rings (SSSR count). The van der Waals surface area contributed by atoms with E-state index in [4.69, 9.17) is 4.42 Å². The van der Waals surface area contributed by atoms with Crippen molar-refractivity contribution < 1.29 is 4.42 Å². The lowest BCUT2D eigenvalue weighted by molar-refractivity contribution is 0.415. The van der Waals surface area contributed by atoms with Crippen LogP contribution >= 0.6 is 0 Å². The van der Waals surface area contributed by atoms with E-state index in [9.17, 15) is 0 Å². The first kappa shape index (κ1) is 11.2. The van der Waals surface area contributed by atoms with E-state index in [1.165, 1.54) is 0 Å². The SMILES string of the molecule is CCC(C)c1nnc(CCCNC)o1. The fraction of sp³-hybridized carbons (Fsp3) is 0.800. The van der Waals surface area contributed by atoms with Gasteiger partial charge in [-0.05, 0) is 26.4 Å². The largest absolute Gasteiger partial charge is 0.425 e. The van der Waals surface area contributed by atoms with Crippen molar-refractivity contribution in [2.75, 3.05) is 13.6 Å². The van der Waals surface area contributed by atoms with Crippen molar-refractivity contribution in [3.63, 3.8) is 0 Å². The number of nitrogens with one attached hydrogen (secondary N) is 1. The Kier molecular flexibility index (Phi) is 4.59. The van der Waals surface area contributed by atoms with Crippen molar-refractivity contribution in [3.05, 3.63) is 11.8 Å². The zero-order chi connectivity index (χ0) is 10.4. The average Bonchev–Trinajstić information content (AvgIpc) is 2.66. The van der Waals surface area contributed by atoms with Crippen molar-refractivity contribution in [1.82, 2.24) is 15.5 Å². The lowest BCUT2D eigenvalue weighted by Crippen LogP contribution is -2.08. The maximum absolute atomic E-state index is 5.53. The zero-order valence-corrected chi connectivity index (χ0v) is 9.21. The standard InChI is InChI=1S/C10H19N3O/c1-4-8(2)10-13-12-9(14-10)6-5-7-11-3/h8,11H,4-7H2,1-3H3. The molecule has 0 aliphatic carbocycles. The van der Waals surface area contributed by atoms with Gasteiger partial charge in [0.1, 0.15) is 0 Å². The molecule has 0 saturated heterocycles. The smallest absolute Gasteiger partial charge is 0.219 e. The fourth-order valence-corrected chi connectivity index (χ4v) is 1.16. The molecule has 4 heteroatoms. The topological polar surface area (TPSA) is 51.0 Å². The second-order valence-corrected chi connectivity index (χ2v) is 3.55. The van der Waals surface area contributed by atoms with Gasteiger partial charge in [-0.3, -0.25) is 0 Å². The molecule has 0 aliphatic heterocycles. The molecule has 0 aromatic carbocycles. The number of rotatable bonds is 6. The molecule has 0 amide bonds. The van der Waals surface area contributed by atoms with E-state index >= 15 is 0 Å². The van der Waals surface area contributed by atoms with Gasteiger partial charge < -0.3 is 9.73 Å². The molecular formula is C10H19N3O. The second kappa shape index (κ2) is 5.75. The summed E-state index contributed by atoms with van der Waals surface area (Å²) in [5.41, 5.74) is 0. The van der Waals surface area contributed by atoms with E-state index in [1.54, 1.807) is 0 Å². The highest BCUT2D eigenvalue weighted by Crippen LogP contribution is 2.16. The molecule has 0 aliphatic rings. The summed E-state index contributed by atoms with van der Waals surface area (Å²) in [4.78, 5) is 0. The van der Waals surface area contributed by atoms with E-state index < -0.39 is 0 Å². The minimum absolute atomic E-state index is 0.376. The van der Waals surface area contributed by atoms with Crippen molar-refractivity contribution in [1.29, 1.82) is 0 Å². The van der Waals surface area contributed by atoms with Crippen LogP contribution in [0.15, 0.2) is 4.42 Å². The van der Waals surface area contributed by atoms with Crippen LogP contribution in [0.2, 0.25) is 0 Å². The summed E-state index contributed by atoms with van der Waals surface area (Å²) >= 11 is 0. The van der Waals surface area contributed by atoms with Gasteiger partial charge in [-0.1, -0.05) is 13.8 Å². The van der Waals surface area contributed by atoms with Crippen molar-refractivity contribution >= 4 is 0 Å². The third-order valence-corrected chi connectivity index (χ3v) is 2.33. The molecule has 1 atom stereocenters. The van der Waals surface area contributed by atoms with Crippen LogP contribution in [0.1, 0.15) is 44.4 Å². The first-order valence-electron chi connectivity index (χ1n) is 5.24. The van der Waals surface area contributed by atoms with E-state index in [0.29, 0.717) is 5.92 Å². The van der Waals surface area contributed by atoms with Crippen molar-refractivity contribution in [3.8, 4) is 0 Å². The summed E-state index contributed by atoms with van der Waals surface area (Å²) in [6.45, 7) is 5.21. The lowest BCUT2D eigenvalue weighted by Gasteiger charge is -1.99. The molecule has 1 aromatic rings. The van der Waals surface area contributed by atoms with Crippen molar-refractivity contribution in [2.24, 2.45) is 0 Å². The summed E-state index contributed by atoms with van der Waals surface area (Å²) in [6, 6.07) is 0. The van der Waals surface area contributed by atoms with Gasteiger partial charge in [0.25, 0.3) is 0 Å². The first-order valence-corrected chi connectivity index (χ1v) is 5.24. The number of hydrogen-bond acceptors (Lipinski definition) is 4. The van der Waals surface area contributed by atoms with Crippen LogP contribution in [-0.2, 0) is 6.42 Å². The average molecular weight is 197 g/mol. The van der Waals surface area contributed by atoms with Gasteiger partial charge >= 0.3 is 0 Å². The summed E-state index contributed by atoms with van der Waals surface area (Å²) in [7, 11) is 1.94. The Bertz CT molecular complexity index is 260. The summed E-state index contributed by atoms with van der Waals surface area (Å²) < 4.78 is 5.53. The van der Waals surface area contributed by atoms with Crippen molar-refractivity contribution in [2.45, 2.75) is 39.0 Å². The molecule has 14 heavy (non-hydrogen) atoms. The van der Waals surface area contributed by atoms with Gasteiger partial charge in [-0.25, -0.2) is 0 Å². The molecule has 0 spiro atoms. The second-order valence-electron chi connectivity index (χ2n) is 3.55. The Morgan fingerprint density at radius 3 is 2.86 bits per heavy atom. The maximum atomic E-state index is 5.53. The molecule has 4 nitrogen and oxygen atoms in total. The van der Waals surface area contributed by atoms with E-state index in [0.717, 1.165) is 37.6 Å². The van der Waals surface area contributed by atoms with Crippen LogP contribution in [0.3, 0.4) is 0 Å². The van der Waals surface area contributed by atoms with Gasteiger partial charge in [0.05, 0.1) is 0 Å². The number of aromatic nitrogens is 2. The highest BCUT2D eigenvalue weighted by atomic mass is 16.4. The molecule has 0 bridgehead atoms. The monoisotopic (exact) mass is 197 g/mol. The quantitative estimate of drug-likeness (QED) is 0.706. The predicted molar refractivity (Wildman–Crippen MR) is 55.3 cm³/mol. The van der Waals surface area contributed by atoms with Crippen LogP contribution in [0.4, 0.5) is 0 Å². The van der Waals surface area contributed by atoms with Gasteiger partial charge in [0, 0.05) is 12.3 Å². The van der Waals surface area contributed by atoms with Crippen LogP contribution in [-0.4, -0.2) is 23.8 Å². The molecule has 1 heterocycles. The molecular weight excluding hydrogens is 178 g/mol. The summed E-state index contributed by atoms with van der Waals surface area (Å²) in [5, 5.41) is 11.1. The molecule has 0 radical (unpaired) electrons. The fourth-order valence-electron chi connectivity index (χ4n) is 1.16. The zero-order valence-electron chi connectivity index (χ0n) is 9.21. The Balaban J connectivity index is 2.42. The molecule has 80 valence electrons. The van der Waals surface area contributed by atoms with Gasteiger partial charge in [0.15, 0.2) is 0 Å². The van der Waals surface area contributed by atoms with Crippen LogP contribution in [0, 0.1) is 0 Å². The minimum Gasteiger partial charge on any atom is -0.425 e. The Labute approximate surface area is 85.1 Å². The van der Waals surface area contributed by atoms with Crippen LogP contribution in [0.5, 0.6) is 0 Å². The first-order chi connectivity index (χ1) is 6.77. The Morgan fingerprint density at radius 2 is 2.21 bits per heavy atom. The molecule has 0 saturated carbocycles. The number of aryl methyl sites for hydroxylation is 1. The third-order valence-electron chi connectivity index (χ3n) is 2.33. The van der Waals surface area contributed by atoms with E-state index in [2.05, 4.69) is 29.4 Å². The molecule has 1 unspecified atom stereocenters. The predicted octanol–water partition coefficient (Wildman–Crippen LogP) is 1.74. The highest BCUT2D eigenvalue weighted by molar-refractivity contribution is 4.88. The van der Waals surface area contributed by atoms with Crippen LogP contribution < -0.4 is 5.32 Å². The third kappa shape index (κ3) is 3.10. The van der Waals surface area contributed by atoms with E-state index in [-0.39, 0.29) is 0 Å². The summed E-state index contributed by atoms with van der Waals surface area (Å²) in [5.74, 6) is 1.91. The molecule has 0 fully saturated rings. The van der Waals surface area contributed by atoms with Gasteiger partial charge in [0.2, 0.25) is 11.8 Å². The Morgan fingerprint density at radius 1 is 1.43 bits per heavy atom. The van der Waals surface area contributed by atoms with Gasteiger partial charge in [-0.15, -0.1) is 10.2 Å². The molecule has 1 N–H and O–H groups in total. The normalized spacial score (nSPS) is 13.1. The van der Waals surface area contributed by atoms with Crippen LogP contribution in [0.25, 0.3) is 0 Å². The molecule has 1 aromatic heterocycles. The highest BCUT2D eigenvalue weighted by Gasteiger charge is 2.11. The van der Waals surface area contributed by atoms with E-state index in [1.807, 2.05) is 7.05 Å². The minimum atomic E-state index is 0.376. The summed E-state index contributed by atoms with van der Waals surface area (Å²) in [6.07, 6.45) is 2.95.